The highest BCUT2D eigenvalue weighted by Gasteiger charge is 2.66. The maximum absolute atomic E-state index is 13.2. The molecule has 144 valence electrons. The van der Waals surface area contributed by atoms with Gasteiger partial charge in [-0.1, -0.05) is 18.2 Å². The topological polar surface area (TPSA) is 72.0 Å². The van der Waals surface area contributed by atoms with E-state index in [1.54, 1.807) is 30.2 Å². The van der Waals surface area contributed by atoms with Gasteiger partial charge in [0, 0.05) is 45.6 Å². The molecular weight excluding hydrogens is 346 g/mol. The summed E-state index contributed by atoms with van der Waals surface area (Å²) in [7, 11) is 3.40. The zero-order chi connectivity index (χ0) is 19.0. The molecule has 0 aliphatic carbocycles. The third kappa shape index (κ3) is 3.04. The molecule has 4 atom stereocenters. The molecule has 2 bridgehead atoms. The number of likely N-dealkylation sites (N-methyl/N-ethyl adjacent to an activating group) is 1. The van der Waals surface area contributed by atoms with Crippen molar-refractivity contribution in [1.29, 1.82) is 0 Å². The first-order valence-electron chi connectivity index (χ1n) is 9.35. The van der Waals surface area contributed by atoms with Crippen LogP contribution in [0.2, 0.25) is 0 Å². The third-order valence-corrected chi connectivity index (χ3v) is 5.83. The second kappa shape index (κ2) is 7.05. The van der Waals surface area contributed by atoms with Crippen molar-refractivity contribution in [3.8, 4) is 0 Å². The predicted octanol–water partition coefficient (Wildman–Crippen LogP) is 0.511. The van der Waals surface area contributed by atoms with Crippen molar-refractivity contribution in [1.82, 2.24) is 14.8 Å². The van der Waals surface area contributed by atoms with Crippen LogP contribution in [0.1, 0.15) is 5.69 Å². The molecule has 1 aromatic rings. The maximum Gasteiger partial charge on any atom is 0.230 e. The largest absolute Gasteiger partial charge is 0.383 e. The standard InChI is InChI=1S/C20H25N3O4/c1-22(10-7-14-5-3-4-9-21-14)18(24)16-15-6-8-20(27-15)13-23(11-12-26-2)19(25)17(16)20/h3-6,8-9,15-17H,7,10-13H2,1-2H3/t15-,16-,17+,20-/m0/s1. The van der Waals surface area contributed by atoms with E-state index in [1.807, 2.05) is 30.4 Å². The number of aromatic nitrogens is 1. The van der Waals surface area contributed by atoms with Crippen LogP contribution in [0, 0.1) is 11.8 Å². The fourth-order valence-corrected chi connectivity index (χ4v) is 4.44. The lowest BCUT2D eigenvalue weighted by atomic mass is 9.76. The summed E-state index contributed by atoms with van der Waals surface area (Å²) in [6, 6.07) is 5.76. The average Bonchev–Trinajstić information content (AvgIpc) is 3.33. The van der Waals surface area contributed by atoms with Crippen molar-refractivity contribution in [2.75, 3.05) is 40.4 Å². The van der Waals surface area contributed by atoms with Gasteiger partial charge in [0.2, 0.25) is 11.8 Å². The second-order valence-corrected chi connectivity index (χ2v) is 7.48. The molecule has 2 saturated heterocycles. The summed E-state index contributed by atoms with van der Waals surface area (Å²) in [6.07, 6.45) is 6.04. The fraction of sp³-hybridized carbons (Fsp3) is 0.550. The summed E-state index contributed by atoms with van der Waals surface area (Å²) >= 11 is 0. The molecule has 3 aliphatic rings. The Morgan fingerprint density at radius 2 is 2.33 bits per heavy atom. The van der Waals surface area contributed by atoms with Crippen LogP contribution in [-0.4, -0.2) is 78.7 Å². The Labute approximate surface area is 158 Å². The number of pyridine rings is 1. The van der Waals surface area contributed by atoms with Gasteiger partial charge in [-0.2, -0.15) is 0 Å². The molecule has 0 N–H and O–H groups in total. The van der Waals surface area contributed by atoms with Crippen LogP contribution >= 0.6 is 0 Å². The lowest BCUT2D eigenvalue weighted by Crippen LogP contribution is -2.45. The Bertz CT molecular complexity index is 753. The van der Waals surface area contributed by atoms with Crippen molar-refractivity contribution < 1.29 is 19.1 Å². The molecular formula is C20H25N3O4. The fourth-order valence-electron chi connectivity index (χ4n) is 4.44. The number of nitrogens with zero attached hydrogens (tertiary/aromatic N) is 3. The summed E-state index contributed by atoms with van der Waals surface area (Å²) in [4.78, 5) is 33.9. The van der Waals surface area contributed by atoms with E-state index in [-0.39, 0.29) is 17.9 Å². The Hall–Kier alpha value is -2.25. The molecule has 4 rings (SSSR count). The number of amides is 2. The van der Waals surface area contributed by atoms with Gasteiger partial charge in [-0.3, -0.25) is 14.6 Å². The SMILES string of the molecule is COCCN1C[C@]23C=C[C@H](O2)[C@H](C(=O)N(C)CCc2ccccn2)[C@@H]3C1=O. The van der Waals surface area contributed by atoms with E-state index in [9.17, 15) is 9.59 Å². The Kier molecular flexibility index (Phi) is 4.74. The monoisotopic (exact) mass is 371 g/mol. The molecule has 0 unspecified atom stereocenters. The van der Waals surface area contributed by atoms with E-state index in [1.165, 1.54) is 0 Å². The van der Waals surface area contributed by atoms with Gasteiger partial charge in [0.05, 0.1) is 31.1 Å². The Morgan fingerprint density at radius 1 is 1.48 bits per heavy atom. The zero-order valence-electron chi connectivity index (χ0n) is 15.7. The number of fused-ring (bicyclic) bond motifs is 1. The number of likely N-dealkylation sites (tertiary alicyclic amines) is 1. The van der Waals surface area contributed by atoms with E-state index in [0.29, 0.717) is 32.7 Å². The van der Waals surface area contributed by atoms with Crippen LogP contribution in [0.5, 0.6) is 0 Å². The predicted molar refractivity (Wildman–Crippen MR) is 97.8 cm³/mol. The number of rotatable bonds is 7. The van der Waals surface area contributed by atoms with Crippen LogP contribution in [0.4, 0.5) is 0 Å². The first kappa shape index (κ1) is 18.1. The van der Waals surface area contributed by atoms with E-state index >= 15 is 0 Å². The first-order chi connectivity index (χ1) is 13.1. The number of carbonyl (C=O) groups is 2. The molecule has 0 aromatic carbocycles. The highest BCUT2D eigenvalue weighted by molar-refractivity contribution is 5.93. The molecule has 1 spiro atoms. The molecule has 27 heavy (non-hydrogen) atoms. The van der Waals surface area contributed by atoms with Gasteiger partial charge in [-0.15, -0.1) is 0 Å². The second-order valence-electron chi connectivity index (χ2n) is 7.48. The molecule has 4 heterocycles. The minimum Gasteiger partial charge on any atom is -0.383 e. The van der Waals surface area contributed by atoms with Crippen molar-refractivity contribution in [2.24, 2.45) is 11.8 Å². The number of hydrogen-bond donors (Lipinski definition) is 0. The molecule has 2 amide bonds. The van der Waals surface area contributed by atoms with E-state index in [4.69, 9.17) is 9.47 Å². The zero-order valence-corrected chi connectivity index (χ0v) is 15.7. The third-order valence-electron chi connectivity index (χ3n) is 5.83. The molecule has 3 aliphatic heterocycles. The van der Waals surface area contributed by atoms with Gasteiger partial charge < -0.3 is 19.3 Å². The quantitative estimate of drug-likeness (QED) is 0.653. The number of ether oxygens (including phenoxy) is 2. The highest BCUT2D eigenvalue weighted by atomic mass is 16.5. The van der Waals surface area contributed by atoms with Gasteiger partial charge >= 0.3 is 0 Å². The van der Waals surface area contributed by atoms with Crippen LogP contribution < -0.4 is 0 Å². The molecule has 2 fully saturated rings. The molecule has 0 radical (unpaired) electrons. The van der Waals surface area contributed by atoms with Crippen molar-refractivity contribution in [3.05, 3.63) is 42.2 Å². The van der Waals surface area contributed by atoms with Gasteiger partial charge in [-0.05, 0) is 12.1 Å². The van der Waals surface area contributed by atoms with Crippen LogP contribution in [0.25, 0.3) is 0 Å². The maximum atomic E-state index is 13.2. The summed E-state index contributed by atoms with van der Waals surface area (Å²) in [6.45, 7) is 2.05. The van der Waals surface area contributed by atoms with Gasteiger partial charge in [0.25, 0.3) is 0 Å². The van der Waals surface area contributed by atoms with Gasteiger partial charge in [0.15, 0.2) is 0 Å². The highest BCUT2D eigenvalue weighted by Crippen LogP contribution is 2.52. The van der Waals surface area contributed by atoms with Crippen LogP contribution in [0.15, 0.2) is 36.5 Å². The van der Waals surface area contributed by atoms with Crippen LogP contribution in [0.3, 0.4) is 0 Å². The van der Waals surface area contributed by atoms with E-state index in [2.05, 4.69) is 4.98 Å². The number of carbonyl (C=O) groups excluding carboxylic acids is 2. The summed E-state index contributed by atoms with van der Waals surface area (Å²) in [5, 5.41) is 0. The van der Waals surface area contributed by atoms with Crippen molar-refractivity contribution in [2.45, 2.75) is 18.1 Å². The van der Waals surface area contributed by atoms with E-state index in [0.717, 1.165) is 5.69 Å². The number of hydrogen-bond acceptors (Lipinski definition) is 5. The van der Waals surface area contributed by atoms with Crippen molar-refractivity contribution >= 4 is 11.8 Å². The lowest BCUT2D eigenvalue weighted by molar-refractivity contribution is -0.142. The minimum atomic E-state index is -0.655. The van der Waals surface area contributed by atoms with Crippen LogP contribution in [-0.2, 0) is 25.5 Å². The molecule has 7 nitrogen and oxygen atoms in total. The molecule has 7 heteroatoms. The first-order valence-corrected chi connectivity index (χ1v) is 9.35. The van der Waals surface area contributed by atoms with Gasteiger partial charge in [-0.25, -0.2) is 0 Å². The Balaban J connectivity index is 1.46. The van der Waals surface area contributed by atoms with E-state index < -0.39 is 17.4 Å². The lowest BCUT2D eigenvalue weighted by Gasteiger charge is -2.27. The minimum absolute atomic E-state index is 0.00428. The van der Waals surface area contributed by atoms with Crippen molar-refractivity contribution in [3.63, 3.8) is 0 Å². The molecule has 0 saturated carbocycles. The summed E-state index contributed by atoms with van der Waals surface area (Å²) < 4.78 is 11.2. The normalized spacial score (nSPS) is 30.8. The number of methoxy groups -OCH3 is 1. The average molecular weight is 371 g/mol. The summed E-state index contributed by atoms with van der Waals surface area (Å²) in [5.41, 5.74) is 0.290. The Morgan fingerprint density at radius 3 is 3.07 bits per heavy atom. The summed E-state index contributed by atoms with van der Waals surface area (Å²) in [5.74, 6) is -0.928. The molecule has 1 aromatic heterocycles. The smallest absolute Gasteiger partial charge is 0.230 e. The van der Waals surface area contributed by atoms with Gasteiger partial charge in [0.1, 0.15) is 5.60 Å².